The lowest BCUT2D eigenvalue weighted by molar-refractivity contribution is 0.0951. The number of anilines is 1. The summed E-state index contributed by atoms with van der Waals surface area (Å²) < 4.78 is 8.81. The van der Waals surface area contributed by atoms with Crippen LogP contribution in [0, 0.1) is 0 Å². The van der Waals surface area contributed by atoms with Gasteiger partial charge in [-0.3, -0.25) is 4.72 Å². The van der Waals surface area contributed by atoms with Gasteiger partial charge < -0.3 is 9.64 Å². The summed E-state index contributed by atoms with van der Waals surface area (Å²) in [4.78, 5) is 7.84. The predicted octanol–water partition coefficient (Wildman–Crippen LogP) is 1.55. The van der Waals surface area contributed by atoms with Crippen LogP contribution >= 0.6 is 23.5 Å². The molecule has 1 saturated heterocycles. The largest absolute Gasteiger partial charge is 0.377 e. The number of rotatable bonds is 0. The Balaban J connectivity index is 2.00. The van der Waals surface area contributed by atoms with Gasteiger partial charge in [0.2, 0.25) is 0 Å². The van der Waals surface area contributed by atoms with E-state index in [0.717, 1.165) is 37.0 Å². The molecule has 0 unspecified atom stereocenters. The van der Waals surface area contributed by atoms with E-state index in [0.29, 0.717) is 11.1 Å². The molecule has 0 amide bonds. The maximum Gasteiger partial charge on any atom is 0.144 e. The minimum atomic E-state index is 0.371. The third kappa shape index (κ3) is 1.88. The van der Waals surface area contributed by atoms with E-state index in [2.05, 4.69) is 14.6 Å². The Labute approximate surface area is 103 Å². The number of nitrogens with one attached hydrogen (secondary N) is 1. The van der Waals surface area contributed by atoms with E-state index in [4.69, 9.17) is 16.3 Å². The maximum absolute atomic E-state index is 5.96. The number of nitrogens with zero attached hydrogens (tertiary/aromatic N) is 2. The van der Waals surface area contributed by atoms with Gasteiger partial charge in [0.05, 0.1) is 29.2 Å². The third-order valence-corrected chi connectivity index (χ3v) is 3.84. The minimum absolute atomic E-state index is 0.371. The monoisotopic (exact) mass is 257 g/mol. The number of hydrogen-bond donors (Lipinski definition) is 1. The molecule has 1 N–H and O–H groups in total. The van der Waals surface area contributed by atoms with Gasteiger partial charge in [-0.15, -0.1) is 0 Å². The second-order valence-electron chi connectivity index (χ2n) is 3.85. The molecule has 0 aromatic carbocycles. The molecule has 1 aromatic heterocycles. The van der Waals surface area contributed by atoms with E-state index >= 15 is 0 Å². The van der Waals surface area contributed by atoms with Crippen LogP contribution in [0.3, 0.4) is 0 Å². The van der Waals surface area contributed by atoms with Crippen molar-refractivity contribution in [3.63, 3.8) is 0 Å². The molecule has 3 rings (SSSR count). The highest BCUT2D eigenvalue weighted by Gasteiger charge is 2.28. The lowest BCUT2D eigenvalue weighted by Crippen LogP contribution is -2.49. The molecule has 1 atom stereocenters. The Kier molecular flexibility index (Phi) is 2.93. The summed E-state index contributed by atoms with van der Waals surface area (Å²) in [5.74, 6) is 1.02. The second-order valence-corrected chi connectivity index (χ2v) is 5.22. The molecular weight excluding hydrogens is 246 g/mol. The average molecular weight is 258 g/mol. The van der Waals surface area contributed by atoms with Crippen molar-refractivity contribution in [2.75, 3.05) is 31.2 Å². The van der Waals surface area contributed by atoms with Crippen molar-refractivity contribution in [3.8, 4) is 0 Å². The fourth-order valence-electron chi connectivity index (χ4n) is 2.02. The van der Waals surface area contributed by atoms with Gasteiger partial charge in [0.25, 0.3) is 0 Å². The van der Waals surface area contributed by atoms with Crippen molar-refractivity contribution < 1.29 is 4.74 Å². The number of fused-ring (bicyclic) bond motifs is 3. The molecule has 0 saturated carbocycles. The summed E-state index contributed by atoms with van der Waals surface area (Å²) in [6.45, 7) is 3.33. The number of morpholine rings is 1. The summed E-state index contributed by atoms with van der Waals surface area (Å²) in [6.07, 6.45) is 1.71. The highest BCUT2D eigenvalue weighted by atomic mass is 35.5. The molecule has 2 aliphatic heterocycles. The molecule has 1 fully saturated rings. The van der Waals surface area contributed by atoms with Crippen molar-refractivity contribution >= 4 is 29.4 Å². The number of hydrogen-bond acceptors (Lipinski definition) is 5. The Hall–Kier alpha value is -0.490. The van der Waals surface area contributed by atoms with Crippen LogP contribution in [0.5, 0.6) is 0 Å². The molecule has 1 aromatic rings. The Morgan fingerprint density at radius 2 is 2.56 bits per heavy atom. The van der Waals surface area contributed by atoms with Crippen molar-refractivity contribution in [2.45, 2.75) is 10.9 Å². The number of ether oxygens (including phenoxy) is 1. The zero-order valence-corrected chi connectivity index (χ0v) is 10.2. The van der Waals surface area contributed by atoms with Crippen LogP contribution in [0.15, 0.2) is 17.2 Å². The van der Waals surface area contributed by atoms with Crippen molar-refractivity contribution in [1.29, 1.82) is 0 Å². The van der Waals surface area contributed by atoms with Crippen molar-refractivity contribution in [2.24, 2.45) is 0 Å². The Morgan fingerprint density at radius 1 is 1.62 bits per heavy atom. The van der Waals surface area contributed by atoms with Crippen LogP contribution in [0.2, 0.25) is 5.02 Å². The first-order chi connectivity index (χ1) is 7.84. The zero-order chi connectivity index (χ0) is 11.0. The number of aromatic nitrogens is 1. The van der Waals surface area contributed by atoms with Crippen LogP contribution in [0.25, 0.3) is 0 Å². The Morgan fingerprint density at radius 3 is 3.50 bits per heavy atom. The molecule has 0 spiro atoms. The summed E-state index contributed by atoms with van der Waals surface area (Å²) in [6, 6.07) is 2.33. The molecule has 0 bridgehead atoms. The van der Waals surface area contributed by atoms with E-state index < -0.39 is 0 Å². The van der Waals surface area contributed by atoms with E-state index in [-0.39, 0.29) is 0 Å². The highest BCUT2D eigenvalue weighted by molar-refractivity contribution is 7.97. The Bertz CT molecular complexity index is 404. The number of pyridine rings is 1. The van der Waals surface area contributed by atoms with Gasteiger partial charge in [-0.1, -0.05) is 11.6 Å². The molecule has 4 nitrogen and oxygen atoms in total. The van der Waals surface area contributed by atoms with Crippen LogP contribution in [0.4, 0.5) is 5.82 Å². The van der Waals surface area contributed by atoms with E-state index in [1.807, 2.05) is 6.07 Å². The molecule has 0 aliphatic carbocycles. The maximum atomic E-state index is 5.96. The lowest BCUT2D eigenvalue weighted by atomic mass is 10.2. The molecule has 3 heterocycles. The molecular formula is C10H12ClN3OS. The summed E-state index contributed by atoms with van der Waals surface area (Å²) in [5.41, 5.74) is 0. The molecule has 16 heavy (non-hydrogen) atoms. The topological polar surface area (TPSA) is 37.4 Å². The quantitative estimate of drug-likeness (QED) is 0.714. The first kappa shape index (κ1) is 10.7. The minimum Gasteiger partial charge on any atom is -0.377 e. The third-order valence-electron chi connectivity index (χ3n) is 2.80. The van der Waals surface area contributed by atoms with Gasteiger partial charge in [0, 0.05) is 19.3 Å². The van der Waals surface area contributed by atoms with E-state index in [9.17, 15) is 0 Å². The van der Waals surface area contributed by atoms with E-state index in [1.54, 1.807) is 18.1 Å². The van der Waals surface area contributed by atoms with Crippen molar-refractivity contribution in [3.05, 3.63) is 17.3 Å². The van der Waals surface area contributed by atoms with Gasteiger partial charge in [0.1, 0.15) is 5.82 Å². The van der Waals surface area contributed by atoms with Crippen LogP contribution in [-0.4, -0.2) is 37.3 Å². The first-order valence-electron chi connectivity index (χ1n) is 5.24. The average Bonchev–Trinajstić information content (AvgIpc) is 2.47. The normalized spacial score (nSPS) is 24.6. The summed E-state index contributed by atoms with van der Waals surface area (Å²) >= 11 is 7.55. The van der Waals surface area contributed by atoms with Gasteiger partial charge in [-0.25, -0.2) is 4.98 Å². The fourth-order valence-corrected chi connectivity index (χ4v) is 3.12. The zero-order valence-electron chi connectivity index (χ0n) is 8.65. The van der Waals surface area contributed by atoms with Crippen LogP contribution in [-0.2, 0) is 4.74 Å². The lowest BCUT2D eigenvalue weighted by Gasteiger charge is -2.35. The van der Waals surface area contributed by atoms with Gasteiger partial charge in [-0.2, -0.15) is 0 Å². The summed E-state index contributed by atoms with van der Waals surface area (Å²) in [7, 11) is 0. The van der Waals surface area contributed by atoms with Crippen LogP contribution in [0.1, 0.15) is 0 Å². The summed E-state index contributed by atoms with van der Waals surface area (Å²) in [5, 5.41) is 0.680. The van der Waals surface area contributed by atoms with Gasteiger partial charge in [0.15, 0.2) is 0 Å². The molecule has 86 valence electrons. The van der Waals surface area contributed by atoms with Gasteiger partial charge >= 0.3 is 0 Å². The smallest absolute Gasteiger partial charge is 0.144 e. The van der Waals surface area contributed by atoms with E-state index in [1.165, 1.54) is 0 Å². The number of halogens is 1. The molecule has 2 aliphatic rings. The molecule has 0 radical (unpaired) electrons. The standard InChI is InChI=1S/C10H12ClN3OS/c11-7-3-9-10(12-4-7)14-1-2-15-6-8(14)5-13-16-9/h3-4,8,13H,1-2,5-6H2/t8-/m0/s1. The van der Waals surface area contributed by atoms with Crippen molar-refractivity contribution in [1.82, 2.24) is 9.71 Å². The second kappa shape index (κ2) is 4.41. The SMILES string of the molecule is Clc1cnc2c(c1)SNC[C@H]1COCCN21. The van der Waals surface area contributed by atoms with Gasteiger partial charge in [-0.05, 0) is 18.0 Å². The molecule has 6 heteroatoms. The van der Waals surface area contributed by atoms with Crippen LogP contribution < -0.4 is 9.62 Å². The predicted molar refractivity (Wildman–Crippen MR) is 65.1 cm³/mol. The first-order valence-corrected chi connectivity index (χ1v) is 6.43. The fraction of sp³-hybridized carbons (Fsp3) is 0.500. The highest BCUT2D eigenvalue weighted by Crippen LogP contribution is 2.33.